The average Bonchev–Trinajstić information content (AvgIpc) is 2.75. The first-order valence-corrected chi connectivity index (χ1v) is 8.14. The number of benzene rings is 2. The summed E-state index contributed by atoms with van der Waals surface area (Å²) in [5.74, 6) is 9.90. The van der Waals surface area contributed by atoms with Gasteiger partial charge in [0.15, 0.2) is 11.5 Å². The van der Waals surface area contributed by atoms with Crippen LogP contribution in [0.3, 0.4) is 0 Å². The molecule has 3 rings (SSSR count). The van der Waals surface area contributed by atoms with Gasteiger partial charge < -0.3 is 14.5 Å². The van der Waals surface area contributed by atoms with E-state index < -0.39 is 0 Å². The maximum Gasteiger partial charge on any atom is 0.184 e. The SMILES string of the molecule is C#CC#COc1ccc(-c2cc[c-]c(-c3ccccn3)c2)cc1OC#CC#C.[HH].[HH].[HH].[HH].[Ir]. The van der Waals surface area contributed by atoms with Crippen LogP contribution in [0.1, 0.15) is 5.71 Å². The third-order valence-corrected chi connectivity index (χ3v) is 3.59. The van der Waals surface area contributed by atoms with Gasteiger partial charge in [-0.3, -0.25) is 0 Å². The van der Waals surface area contributed by atoms with Crippen molar-refractivity contribution in [3.63, 3.8) is 0 Å². The van der Waals surface area contributed by atoms with E-state index >= 15 is 0 Å². The molecule has 1 radical (unpaired) electrons. The van der Waals surface area contributed by atoms with Crippen LogP contribution in [0.2, 0.25) is 0 Å². The van der Waals surface area contributed by atoms with E-state index in [1.165, 1.54) is 0 Å². The van der Waals surface area contributed by atoms with Crippen molar-refractivity contribution >= 4 is 0 Å². The normalized spacial score (nSPS) is 8.48. The van der Waals surface area contributed by atoms with E-state index in [-0.39, 0.29) is 25.8 Å². The molecule has 0 saturated carbocycles. The summed E-state index contributed by atoms with van der Waals surface area (Å²) in [5, 5.41) is 0. The second-order valence-electron chi connectivity index (χ2n) is 5.31. The van der Waals surface area contributed by atoms with Gasteiger partial charge in [-0.15, -0.1) is 48.2 Å². The van der Waals surface area contributed by atoms with Crippen LogP contribution < -0.4 is 9.47 Å². The molecule has 0 saturated heterocycles. The van der Waals surface area contributed by atoms with E-state index in [2.05, 4.69) is 46.9 Å². The summed E-state index contributed by atoms with van der Waals surface area (Å²) >= 11 is 0. The zero-order valence-corrected chi connectivity index (χ0v) is 17.4. The molecule has 0 aliphatic heterocycles. The fourth-order valence-corrected chi connectivity index (χ4v) is 2.39. The number of aromatic nitrogens is 1. The summed E-state index contributed by atoms with van der Waals surface area (Å²) in [7, 11) is 0. The molecule has 29 heavy (non-hydrogen) atoms. The van der Waals surface area contributed by atoms with Gasteiger partial charge in [-0.2, -0.15) is 0 Å². The minimum Gasteiger partial charge on any atom is -0.403 e. The summed E-state index contributed by atoms with van der Waals surface area (Å²) in [4.78, 5) is 4.36. The summed E-state index contributed by atoms with van der Waals surface area (Å²) < 4.78 is 10.7. The first-order chi connectivity index (χ1) is 13.8. The van der Waals surface area contributed by atoms with Crippen molar-refractivity contribution in [3.05, 3.63) is 66.9 Å². The molecule has 0 aliphatic carbocycles. The fourth-order valence-electron chi connectivity index (χ4n) is 2.39. The Morgan fingerprint density at radius 3 is 2.28 bits per heavy atom. The maximum absolute atomic E-state index is 5.42. The largest absolute Gasteiger partial charge is 0.403 e. The third-order valence-electron chi connectivity index (χ3n) is 3.59. The molecule has 147 valence electrons. The molecule has 1 heterocycles. The molecule has 0 atom stereocenters. The summed E-state index contributed by atoms with van der Waals surface area (Å²) in [6, 6.07) is 20.1. The molecule has 0 unspecified atom stereocenters. The van der Waals surface area contributed by atoms with Crippen molar-refractivity contribution in [2.24, 2.45) is 0 Å². The van der Waals surface area contributed by atoms with Crippen LogP contribution >= 0.6 is 0 Å². The molecule has 0 N–H and O–H groups in total. The van der Waals surface area contributed by atoms with Crippen molar-refractivity contribution in [1.82, 2.24) is 4.98 Å². The van der Waals surface area contributed by atoms with Crippen molar-refractivity contribution in [2.45, 2.75) is 0 Å². The van der Waals surface area contributed by atoms with Gasteiger partial charge in [-0.05, 0) is 41.3 Å². The molecule has 3 nitrogen and oxygen atoms in total. The number of pyridine rings is 1. The zero-order chi connectivity index (χ0) is 19.6. The van der Waals surface area contributed by atoms with Gasteiger partial charge in [0, 0.05) is 43.8 Å². The van der Waals surface area contributed by atoms with Crippen molar-refractivity contribution in [1.29, 1.82) is 0 Å². The molecule has 0 bridgehead atoms. The van der Waals surface area contributed by atoms with Crippen LogP contribution in [0.4, 0.5) is 0 Å². The molecule has 0 fully saturated rings. The standard InChI is InChI=1S/C25H12NO2.Ir.4H2/c1-3-5-16-27-24-14-13-21(19-25(24)28-17-6-4-2)20-10-9-11-22(18-20)23-12-7-8-15-26-23;;;;;/h1-2,7-10,12-15,18-19H;;4*1H/q-1;;;;;. The number of rotatable bonds is 4. The Morgan fingerprint density at radius 2 is 1.59 bits per heavy atom. The minimum absolute atomic E-state index is 0. The first kappa shape index (κ1) is 21.4. The van der Waals surface area contributed by atoms with Gasteiger partial charge >= 0.3 is 0 Å². The Labute approximate surface area is 189 Å². The number of nitrogens with zero attached hydrogens (tertiary/aromatic N) is 1. The van der Waals surface area contributed by atoms with Crippen LogP contribution in [0, 0.1) is 54.8 Å². The molecule has 1 aromatic heterocycles. The Morgan fingerprint density at radius 1 is 0.862 bits per heavy atom. The van der Waals surface area contributed by atoms with Crippen LogP contribution in [-0.2, 0) is 20.1 Å². The van der Waals surface area contributed by atoms with Crippen molar-refractivity contribution < 1.29 is 35.3 Å². The summed E-state index contributed by atoms with van der Waals surface area (Å²) in [5.41, 5.74) is 3.56. The van der Waals surface area contributed by atoms with E-state index in [0.29, 0.717) is 11.5 Å². The van der Waals surface area contributed by atoms with E-state index in [1.54, 1.807) is 18.3 Å². The molecule has 4 heteroatoms. The number of hydrogen-bond donors (Lipinski definition) is 0. The van der Waals surface area contributed by atoms with Gasteiger partial charge in [0.1, 0.15) is 12.2 Å². The average molecular weight is 559 g/mol. The van der Waals surface area contributed by atoms with E-state index in [9.17, 15) is 0 Å². The Balaban J connectivity index is -0.00000180. The number of ether oxygens (including phenoxy) is 2. The Hall–Kier alpha value is -3.92. The van der Waals surface area contributed by atoms with E-state index in [1.807, 2.05) is 42.5 Å². The quantitative estimate of drug-likeness (QED) is 0.328. The first-order valence-electron chi connectivity index (χ1n) is 8.14. The van der Waals surface area contributed by atoms with E-state index in [4.69, 9.17) is 22.3 Å². The molecule has 0 aliphatic rings. The van der Waals surface area contributed by atoms with Gasteiger partial charge in [0.05, 0.1) is 0 Å². The van der Waals surface area contributed by atoms with Crippen LogP contribution in [0.25, 0.3) is 22.4 Å². The molecule has 0 amide bonds. The maximum atomic E-state index is 5.42. The van der Waals surface area contributed by atoms with Crippen LogP contribution in [0.15, 0.2) is 60.8 Å². The molecular formula is C25H20IrNO2-. The fraction of sp³-hybridized carbons (Fsp3) is 0. The van der Waals surface area contributed by atoms with Crippen molar-refractivity contribution in [3.8, 4) is 82.6 Å². The molecule has 3 aromatic rings. The summed E-state index contributed by atoms with van der Waals surface area (Å²) in [6.45, 7) is 0. The minimum atomic E-state index is 0. The molecular weight excluding hydrogens is 538 g/mol. The third kappa shape index (κ3) is 5.78. The second kappa shape index (κ2) is 11.0. The molecule has 0 spiro atoms. The van der Waals surface area contributed by atoms with Gasteiger partial charge in [0.2, 0.25) is 0 Å². The smallest absolute Gasteiger partial charge is 0.184 e. The summed E-state index contributed by atoms with van der Waals surface area (Å²) in [6.07, 6.45) is 16.8. The van der Waals surface area contributed by atoms with Gasteiger partial charge in [-0.1, -0.05) is 18.2 Å². The number of terminal acetylenes is 2. The predicted molar refractivity (Wildman–Crippen MR) is 117 cm³/mol. The van der Waals surface area contributed by atoms with Gasteiger partial charge in [-0.25, -0.2) is 0 Å². The second-order valence-corrected chi connectivity index (χ2v) is 5.31. The number of hydrogen-bond acceptors (Lipinski definition) is 3. The zero-order valence-electron chi connectivity index (χ0n) is 15.0. The topological polar surface area (TPSA) is 31.4 Å². The van der Waals surface area contributed by atoms with E-state index in [0.717, 1.165) is 22.4 Å². The Kier molecular flexibility index (Phi) is 8.14. The van der Waals surface area contributed by atoms with Crippen LogP contribution in [-0.4, -0.2) is 4.98 Å². The van der Waals surface area contributed by atoms with Crippen molar-refractivity contribution in [2.75, 3.05) is 0 Å². The Bertz CT molecular complexity index is 1210. The predicted octanol–water partition coefficient (Wildman–Crippen LogP) is 5.14. The molecule has 2 aromatic carbocycles. The monoisotopic (exact) mass is 559 g/mol. The van der Waals surface area contributed by atoms with Gasteiger partial charge in [0.25, 0.3) is 0 Å². The van der Waals surface area contributed by atoms with Crippen LogP contribution in [0.5, 0.6) is 11.5 Å².